The lowest BCUT2D eigenvalue weighted by molar-refractivity contribution is -0.149. The molecule has 2 amide bonds. The SMILES string of the molecule is CCC(C)(C)c1cc(NC(=O)Cc2ccc(NC(=O)c3ccc(OC4CCN(CC(F)(F)F)CC4)cn3)cc2)no1. The van der Waals surface area contributed by atoms with Crippen LogP contribution in [0.4, 0.5) is 24.7 Å². The molecule has 2 N–H and O–H groups in total. The normalized spacial score (nSPS) is 15.0. The Labute approximate surface area is 236 Å². The van der Waals surface area contributed by atoms with Crippen LogP contribution in [0.15, 0.2) is 53.2 Å². The van der Waals surface area contributed by atoms with Gasteiger partial charge in [0.2, 0.25) is 5.91 Å². The van der Waals surface area contributed by atoms with Gasteiger partial charge in [-0.1, -0.05) is 38.1 Å². The highest BCUT2D eigenvalue weighted by atomic mass is 19.4. The van der Waals surface area contributed by atoms with Crippen molar-refractivity contribution in [3.63, 3.8) is 0 Å². The van der Waals surface area contributed by atoms with Crippen LogP contribution in [0.25, 0.3) is 0 Å². The molecule has 0 radical (unpaired) electrons. The predicted molar refractivity (Wildman–Crippen MR) is 147 cm³/mol. The molecule has 1 aromatic carbocycles. The molecule has 0 spiro atoms. The summed E-state index contributed by atoms with van der Waals surface area (Å²) in [6.45, 7) is 5.84. The smallest absolute Gasteiger partial charge is 0.401 e. The highest BCUT2D eigenvalue weighted by Crippen LogP contribution is 2.28. The van der Waals surface area contributed by atoms with Crippen LogP contribution < -0.4 is 15.4 Å². The summed E-state index contributed by atoms with van der Waals surface area (Å²) in [7, 11) is 0. The number of amides is 2. The van der Waals surface area contributed by atoms with Gasteiger partial charge in [-0.05, 0) is 49.1 Å². The van der Waals surface area contributed by atoms with E-state index in [9.17, 15) is 22.8 Å². The van der Waals surface area contributed by atoms with Crippen LogP contribution in [0.1, 0.15) is 61.8 Å². The van der Waals surface area contributed by atoms with Crippen LogP contribution in [0, 0.1) is 0 Å². The van der Waals surface area contributed by atoms with Crippen molar-refractivity contribution in [3.05, 3.63) is 65.7 Å². The zero-order valence-electron chi connectivity index (χ0n) is 23.3. The van der Waals surface area contributed by atoms with E-state index in [1.807, 2.05) is 13.8 Å². The molecule has 12 heteroatoms. The summed E-state index contributed by atoms with van der Waals surface area (Å²) in [4.78, 5) is 30.6. The van der Waals surface area contributed by atoms with Gasteiger partial charge in [0, 0.05) is 30.3 Å². The van der Waals surface area contributed by atoms with E-state index in [2.05, 4.69) is 27.7 Å². The maximum absolute atomic E-state index is 12.6. The van der Waals surface area contributed by atoms with Crippen LogP contribution in [0.5, 0.6) is 5.75 Å². The molecule has 4 rings (SSSR count). The number of carbonyl (C=O) groups excluding carboxylic acids is 2. The third-order valence-electron chi connectivity index (χ3n) is 7.11. The second-order valence-corrected chi connectivity index (χ2v) is 10.8. The number of hydrogen-bond donors (Lipinski definition) is 2. The van der Waals surface area contributed by atoms with Crippen molar-refractivity contribution in [2.45, 2.75) is 64.1 Å². The monoisotopic (exact) mass is 573 g/mol. The Morgan fingerprint density at radius 3 is 2.39 bits per heavy atom. The van der Waals surface area contributed by atoms with Crippen molar-refractivity contribution in [2.75, 3.05) is 30.3 Å². The summed E-state index contributed by atoms with van der Waals surface area (Å²) >= 11 is 0. The van der Waals surface area contributed by atoms with E-state index in [-0.39, 0.29) is 29.5 Å². The third kappa shape index (κ3) is 8.78. The first kappa shape index (κ1) is 30.0. The summed E-state index contributed by atoms with van der Waals surface area (Å²) in [6.07, 6.45) is -1.03. The van der Waals surface area contributed by atoms with Gasteiger partial charge in [-0.25, -0.2) is 4.98 Å². The van der Waals surface area contributed by atoms with E-state index < -0.39 is 18.6 Å². The maximum Gasteiger partial charge on any atom is 0.401 e. The van der Waals surface area contributed by atoms with Crippen LogP contribution in [-0.4, -0.2) is 58.8 Å². The van der Waals surface area contributed by atoms with Crippen molar-refractivity contribution in [1.82, 2.24) is 15.0 Å². The van der Waals surface area contributed by atoms with E-state index in [0.717, 1.165) is 12.0 Å². The molecular weight excluding hydrogens is 539 g/mol. The highest BCUT2D eigenvalue weighted by molar-refractivity contribution is 6.02. The number of halogens is 3. The minimum atomic E-state index is -4.21. The lowest BCUT2D eigenvalue weighted by atomic mass is 9.87. The molecule has 0 bridgehead atoms. The molecule has 0 aliphatic carbocycles. The van der Waals surface area contributed by atoms with E-state index in [1.54, 1.807) is 36.4 Å². The lowest BCUT2D eigenvalue weighted by Crippen LogP contribution is -2.42. The fraction of sp³-hybridized carbons (Fsp3) is 0.448. The number of hydrogen-bond acceptors (Lipinski definition) is 7. The van der Waals surface area contributed by atoms with Gasteiger partial charge in [-0.2, -0.15) is 13.2 Å². The largest absolute Gasteiger partial charge is 0.489 e. The van der Waals surface area contributed by atoms with Gasteiger partial charge in [0.25, 0.3) is 5.91 Å². The van der Waals surface area contributed by atoms with Crippen molar-refractivity contribution in [2.24, 2.45) is 0 Å². The summed E-state index contributed by atoms with van der Waals surface area (Å²) in [5.74, 6) is 0.865. The van der Waals surface area contributed by atoms with Crippen molar-refractivity contribution in [3.8, 4) is 5.75 Å². The Bertz CT molecular complexity index is 1320. The first-order valence-corrected chi connectivity index (χ1v) is 13.5. The average molecular weight is 574 g/mol. The number of carbonyl (C=O) groups is 2. The van der Waals surface area contributed by atoms with Gasteiger partial charge in [0.1, 0.15) is 23.3 Å². The highest BCUT2D eigenvalue weighted by Gasteiger charge is 2.33. The van der Waals surface area contributed by atoms with E-state index in [0.29, 0.717) is 48.9 Å². The quantitative estimate of drug-likeness (QED) is 0.325. The number of aromatic nitrogens is 2. The van der Waals surface area contributed by atoms with Gasteiger partial charge in [0.15, 0.2) is 5.82 Å². The number of benzene rings is 1. The summed E-state index contributed by atoms with van der Waals surface area (Å²) in [6, 6.07) is 11.8. The number of pyridine rings is 1. The number of anilines is 2. The molecule has 3 heterocycles. The molecule has 1 aliphatic rings. The summed E-state index contributed by atoms with van der Waals surface area (Å²) in [5.41, 5.74) is 1.29. The zero-order valence-corrected chi connectivity index (χ0v) is 23.3. The molecule has 0 unspecified atom stereocenters. The number of nitrogens with zero attached hydrogens (tertiary/aromatic N) is 3. The van der Waals surface area contributed by atoms with Crippen molar-refractivity contribution in [1.29, 1.82) is 0 Å². The summed E-state index contributed by atoms with van der Waals surface area (Å²) < 4.78 is 48.9. The second-order valence-electron chi connectivity index (χ2n) is 10.8. The number of likely N-dealkylation sites (tertiary alicyclic amines) is 1. The number of nitrogens with one attached hydrogen (secondary N) is 2. The molecule has 0 atom stereocenters. The van der Waals surface area contributed by atoms with Gasteiger partial charge >= 0.3 is 6.18 Å². The molecule has 1 aliphatic heterocycles. The number of rotatable bonds is 10. The van der Waals surface area contributed by atoms with Gasteiger partial charge in [0.05, 0.1) is 19.2 Å². The Hall–Kier alpha value is -3.93. The Balaban J connectivity index is 1.23. The maximum atomic E-state index is 12.6. The number of alkyl halides is 3. The molecule has 2 aromatic heterocycles. The molecular formula is C29H34F3N5O4. The van der Waals surface area contributed by atoms with Gasteiger partial charge in [-0.15, -0.1) is 0 Å². The molecule has 1 saturated heterocycles. The van der Waals surface area contributed by atoms with Crippen LogP contribution in [-0.2, 0) is 16.6 Å². The Kier molecular flexibility index (Phi) is 9.31. The van der Waals surface area contributed by atoms with E-state index in [4.69, 9.17) is 9.26 Å². The van der Waals surface area contributed by atoms with Crippen molar-refractivity contribution < 1.29 is 32.0 Å². The molecule has 1 fully saturated rings. The number of ether oxygens (including phenoxy) is 1. The molecule has 41 heavy (non-hydrogen) atoms. The third-order valence-corrected chi connectivity index (χ3v) is 7.11. The van der Waals surface area contributed by atoms with Crippen LogP contribution >= 0.6 is 0 Å². The molecule has 0 saturated carbocycles. The minimum absolute atomic E-state index is 0.123. The van der Waals surface area contributed by atoms with Gasteiger partial charge < -0.3 is 19.9 Å². The topological polar surface area (TPSA) is 110 Å². The van der Waals surface area contributed by atoms with Crippen LogP contribution in [0.2, 0.25) is 0 Å². The average Bonchev–Trinajstić information content (AvgIpc) is 3.40. The van der Waals surface area contributed by atoms with Gasteiger partial charge in [-0.3, -0.25) is 14.5 Å². The van der Waals surface area contributed by atoms with Crippen molar-refractivity contribution >= 4 is 23.3 Å². The van der Waals surface area contributed by atoms with Crippen LogP contribution in [0.3, 0.4) is 0 Å². The summed E-state index contributed by atoms with van der Waals surface area (Å²) in [5, 5.41) is 9.43. The standard InChI is InChI=1S/C29H34F3N5O4/c1-4-28(2,3)24-16-25(36-41-24)35-26(38)15-19-5-7-20(8-6-19)34-27(39)23-10-9-22(17-33-23)40-21-11-13-37(14-12-21)18-29(30,31)32/h5-10,16-17,21H,4,11-15,18H2,1-3H3,(H,34,39)(H,35,36,38). The lowest BCUT2D eigenvalue weighted by Gasteiger charge is -2.32. The Morgan fingerprint density at radius 2 is 1.78 bits per heavy atom. The Morgan fingerprint density at radius 1 is 1.07 bits per heavy atom. The fourth-order valence-electron chi connectivity index (χ4n) is 4.32. The first-order chi connectivity index (χ1) is 19.4. The number of piperidine rings is 1. The minimum Gasteiger partial charge on any atom is -0.489 e. The molecule has 9 nitrogen and oxygen atoms in total. The fourth-order valence-corrected chi connectivity index (χ4v) is 4.32. The zero-order chi connectivity index (χ0) is 29.6. The molecule has 220 valence electrons. The predicted octanol–water partition coefficient (Wildman–Crippen LogP) is 5.60. The molecule has 3 aromatic rings. The van der Waals surface area contributed by atoms with E-state index in [1.165, 1.54) is 17.2 Å². The second kappa shape index (κ2) is 12.7. The first-order valence-electron chi connectivity index (χ1n) is 13.5. The van der Waals surface area contributed by atoms with E-state index >= 15 is 0 Å².